The molecule has 0 fully saturated rings. The predicted molar refractivity (Wildman–Crippen MR) is 155 cm³/mol. The molecule has 0 saturated heterocycles. The Morgan fingerprint density at radius 3 is 2.23 bits per heavy atom. The number of rotatable bonds is 6. The molecule has 0 aliphatic rings. The normalized spacial score (nSPS) is 11.6. The van der Waals surface area contributed by atoms with E-state index in [1.165, 1.54) is 6.33 Å². The minimum atomic E-state index is -0.109. The lowest BCUT2D eigenvalue weighted by atomic mass is 9.96. The molecule has 39 heavy (non-hydrogen) atoms. The molecule has 6 rings (SSSR count). The Morgan fingerprint density at radius 2 is 1.46 bits per heavy atom. The Kier molecular flexibility index (Phi) is 6.32. The molecule has 7 nitrogen and oxygen atoms in total. The average molecular weight is 513 g/mol. The van der Waals surface area contributed by atoms with E-state index in [0.717, 1.165) is 55.7 Å². The van der Waals surface area contributed by atoms with Gasteiger partial charge in [0, 0.05) is 22.6 Å². The second-order valence-corrected chi connectivity index (χ2v) is 10.4. The molecule has 3 aromatic carbocycles. The lowest BCUT2D eigenvalue weighted by Gasteiger charge is -2.17. The zero-order chi connectivity index (χ0) is 26.8. The zero-order valence-corrected chi connectivity index (χ0v) is 22.1. The van der Waals surface area contributed by atoms with Crippen LogP contribution in [0.5, 0.6) is 5.88 Å². The first kappa shape index (κ1) is 24.4. The highest BCUT2D eigenvalue weighted by molar-refractivity contribution is 6.03. The molecule has 3 heterocycles. The van der Waals surface area contributed by atoms with Crippen LogP contribution in [0, 0.1) is 0 Å². The van der Waals surface area contributed by atoms with Gasteiger partial charge in [0.25, 0.3) is 0 Å². The summed E-state index contributed by atoms with van der Waals surface area (Å²) in [7, 11) is 0. The van der Waals surface area contributed by atoms with E-state index in [9.17, 15) is 0 Å². The van der Waals surface area contributed by atoms with Crippen LogP contribution in [0.1, 0.15) is 32.2 Å². The van der Waals surface area contributed by atoms with E-state index in [2.05, 4.69) is 70.3 Å². The van der Waals surface area contributed by atoms with E-state index < -0.39 is 0 Å². The standard InChI is InChI=1S/C32H28N6O/c1-32(2,3)31-34-16-23(17-35-31)38-29-25-12-8-7-11-24(25)27(18-33-29)22-13-14-28-26(15-22)30(37-20-36-28)39-19-21-9-5-4-6-10-21/h4-18,20H,19H2,1-3H3,(H,33,38). The molecule has 0 atom stereocenters. The van der Waals surface area contributed by atoms with Crippen molar-refractivity contribution in [3.8, 4) is 17.0 Å². The predicted octanol–water partition coefficient (Wildman–Crippen LogP) is 7.26. The van der Waals surface area contributed by atoms with Gasteiger partial charge in [0.1, 0.15) is 24.6 Å². The van der Waals surface area contributed by atoms with Gasteiger partial charge in [-0.2, -0.15) is 0 Å². The fourth-order valence-electron chi connectivity index (χ4n) is 4.48. The third kappa shape index (κ3) is 5.11. The van der Waals surface area contributed by atoms with Gasteiger partial charge >= 0.3 is 0 Å². The van der Waals surface area contributed by atoms with Gasteiger partial charge < -0.3 is 10.1 Å². The molecule has 3 aromatic heterocycles. The number of benzene rings is 3. The average Bonchev–Trinajstić information content (AvgIpc) is 2.96. The van der Waals surface area contributed by atoms with Gasteiger partial charge in [0.15, 0.2) is 0 Å². The molecule has 0 aliphatic carbocycles. The van der Waals surface area contributed by atoms with Gasteiger partial charge in [-0.3, -0.25) is 0 Å². The maximum atomic E-state index is 6.11. The fourth-order valence-corrected chi connectivity index (χ4v) is 4.48. The van der Waals surface area contributed by atoms with Gasteiger partial charge in [-0.1, -0.05) is 81.4 Å². The van der Waals surface area contributed by atoms with Crippen LogP contribution in [0.25, 0.3) is 32.8 Å². The molecule has 6 aromatic rings. The van der Waals surface area contributed by atoms with Crippen LogP contribution in [0.3, 0.4) is 0 Å². The highest BCUT2D eigenvalue weighted by Gasteiger charge is 2.17. The van der Waals surface area contributed by atoms with E-state index >= 15 is 0 Å². The van der Waals surface area contributed by atoms with Crippen LogP contribution >= 0.6 is 0 Å². The van der Waals surface area contributed by atoms with Crippen LogP contribution in [-0.4, -0.2) is 24.9 Å². The van der Waals surface area contributed by atoms with Crippen molar-refractivity contribution in [3.05, 3.63) is 109 Å². The van der Waals surface area contributed by atoms with Crippen molar-refractivity contribution in [2.24, 2.45) is 0 Å². The third-order valence-electron chi connectivity index (χ3n) is 6.51. The number of anilines is 2. The number of pyridine rings is 1. The van der Waals surface area contributed by atoms with Crippen LogP contribution in [0.15, 0.2) is 97.7 Å². The summed E-state index contributed by atoms with van der Waals surface area (Å²) < 4.78 is 6.11. The number of hydrogen-bond acceptors (Lipinski definition) is 7. The molecule has 0 radical (unpaired) electrons. The number of hydrogen-bond donors (Lipinski definition) is 1. The summed E-state index contributed by atoms with van der Waals surface area (Å²) in [6, 6.07) is 24.4. The first-order chi connectivity index (χ1) is 19.0. The molecule has 7 heteroatoms. The molecular weight excluding hydrogens is 484 g/mol. The highest BCUT2D eigenvalue weighted by Crippen LogP contribution is 2.35. The van der Waals surface area contributed by atoms with Gasteiger partial charge in [-0.25, -0.2) is 24.9 Å². The molecule has 0 aliphatic heterocycles. The van der Waals surface area contributed by atoms with Crippen molar-refractivity contribution in [1.29, 1.82) is 0 Å². The van der Waals surface area contributed by atoms with Crippen molar-refractivity contribution in [1.82, 2.24) is 24.9 Å². The Bertz CT molecular complexity index is 1760. The third-order valence-corrected chi connectivity index (χ3v) is 6.51. The van der Waals surface area contributed by atoms with Gasteiger partial charge in [0.2, 0.25) is 5.88 Å². The lowest BCUT2D eigenvalue weighted by Crippen LogP contribution is -2.15. The number of aromatic nitrogens is 5. The summed E-state index contributed by atoms with van der Waals surface area (Å²) in [6.45, 7) is 6.73. The van der Waals surface area contributed by atoms with Crippen LogP contribution in [0.4, 0.5) is 11.5 Å². The SMILES string of the molecule is CC(C)(C)c1ncc(Nc2ncc(-c3ccc4ncnc(OCc5ccccc5)c4c3)c3ccccc23)cn1. The van der Waals surface area contributed by atoms with Crippen molar-refractivity contribution < 1.29 is 4.74 Å². The summed E-state index contributed by atoms with van der Waals surface area (Å²) >= 11 is 0. The topological polar surface area (TPSA) is 85.7 Å². The summed E-state index contributed by atoms with van der Waals surface area (Å²) in [6.07, 6.45) is 7.04. The molecule has 0 spiro atoms. The van der Waals surface area contributed by atoms with Crippen molar-refractivity contribution in [2.75, 3.05) is 5.32 Å². The zero-order valence-electron chi connectivity index (χ0n) is 22.1. The highest BCUT2D eigenvalue weighted by atomic mass is 16.5. The number of ether oxygens (including phenoxy) is 1. The van der Waals surface area contributed by atoms with Gasteiger partial charge in [-0.05, 0) is 28.6 Å². The summed E-state index contributed by atoms with van der Waals surface area (Å²) in [5.74, 6) is 2.10. The van der Waals surface area contributed by atoms with E-state index in [1.807, 2.05) is 54.7 Å². The van der Waals surface area contributed by atoms with Crippen LogP contribution in [-0.2, 0) is 12.0 Å². The molecule has 192 valence electrons. The Morgan fingerprint density at radius 1 is 0.718 bits per heavy atom. The minimum absolute atomic E-state index is 0.109. The minimum Gasteiger partial charge on any atom is -0.472 e. The lowest BCUT2D eigenvalue weighted by molar-refractivity contribution is 0.297. The first-order valence-corrected chi connectivity index (χ1v) is 12.8. The number of nitrogens with one attached hydrogen (secondary N) is 1. The maximum absolute atomic E-state index is 6.11. The second-order valence-electron chi connectivity index (χ2n) is 10.4. The summed E-state index contributed by atoms with van der Waals surface area (Å²) in [5.41, 5.74) is 4.60. The van der Waals surface area contributed by atoms with Gasteiger partial charge in [0.05, 0.1) is 29.0 Å². The second kappa shape index (κ2) is 10.1. The Balaban J connectivity index is 1.35. The molecule has 0 amide bonds. The summed E-state index contributed by atoms with van der Waals surface area (Å²) in [4.78, 5) is 22.8. The fraction of sp³-hybridized carbons (Fsp3) is 0.156. The smallest absolute Gasteiger partial charge is 0.224 e. The van der Waals surface area contributed by atoms with E-state index in [-0.39, 0.29) is 5.41 Å². The Hall–Kier alpha value is -4.91. The number of nitrogens with zero attached hydrogens (tertiary/aromatic N) is 5. The molecule has 0 unspecified atom stereocenters. The van der Waals surface area contributed by atoms with Crippen molar-refractivity contribution >= 4 is 33.2 Å². The Labute approximate surface area is 227 Å². The van der Waals surface area contributed by atoms with E-state index in [1.54, 1.807) is 12.4 Å². The maximum Gasteiger partial charge on any atom is 0.224 e. The molecule has 0 saturated carbocycles. The molecule has 0 bridgehead atoms. The van der Waals surface area contributed by atoms with Crippen LogP contribution in [0.2, 0.25) is 0 Å². The van der Waals surface area contributed by atoms with Crippen molar-refractivity contribution in [2.45, 2.75) is 32.8 Å². The van der Waals surface area contributed by atoms with E-state index in [4.69, 9.17) is 9.72 Å². The monoisotopic (exact) mass is 512 g/mol. The van der Waals surface area contributed by atoms with Crippen molar-refractivity contribution in [3.63, 3.8) is 0 Å². The van der Waals surface area contributed by atoms with Gasteiger partial charge in [-0.15, -0.1) is 0 Å². The summed E-state index contributed by atoms with van der Waals surface area (Å²) in [5, 5.41) is 6.33. The van der Waals surface area contributed by atoms with E-state index in [0.29, 0.717) is 12.5 Å². The molecule has 1 N–H and O–H groups in total. The first-order valence-electron chi connectivity index (χ1n) is 12.8. The number of fused-ring (bicyclic) bond motifs is 2. The van der Waals surface area contributed by atoms with Crippen LogP contribution < -0.4 is 10.1 Å². The molecular formula is C32H28N6O. The largest absolute Gasteiger partial charge is 0.472 e. The quantitative estimate of drug-likeness (QED) is 0.251.